The van der Waals surface area contributed by atoms with Crippen molar-refractivity contribution >= 4 is 11.6 Å². The zero-order chi connectivity index (χ0) is 7.84. The molecule has 0 aromatic heterocycles. The molecule has 0 radical (unpaired) electrons. The average molecular weight is 176 g/mol. The first kappa shape index (κ1) is 7.84. The van der Waals surface area contributed by atoms with Gasteiger partial charge in [0.25, 0.3) is 0 Å². The Morgan fingerprint density at radius 1 is 1.27 bits per heavy atom. The van der Waals surface area contributed by atoms with Crippen molar-refractivity contribution in [3.63, 3.8) is 0 Å². The highest BCUT2D eigenvalue weighted by atomic mass is 35.5. The Kier molecular flexibility index (Phi) is 2.08. The zero-order valence-electron chi connectivity index (χ0n) is 6.54. The van der Waals surface area contributed by atoms with E-state index in [0.717, 1.165) is 32.4 Å². The topological polar surface area (TPSA) is 23.5 Å². The van der Waals surface area contributed by atoms with Crippen molar-refractivity contribution < 1.29 is 5.11 Å². The van der Waals surface area contributed by atoms with Gasteiger partial charge in [-0.15, -0.1) is 11.6 Å². The highest BCUT2D eigenvalue weighted by Gasteiger charge is 2.40. The lowest BCUT2D eigenvalue weighted by Crippen LogP contribution is -2.38. The lowest BCUT2D eigenvalue weighted by molar-refractivity contribution is 0.0792. The molecule has 0 aromatic carbocycles. The molecule has 1 aliphatic carbocycles. The second-order valence-corrected chi connectivity index (χ2v) is 4.15. The molecule has 0 amide bonds. The minimum atomic E-state index is -0.0567. The second-order valence-electron chi connectivity index (χ2n) is 3.59. The molecular weight excluding hydrogens is 162 g/mol. The maximum atomic E-state index is 9.24. The van der Waals surface area contributed by atoms with Crippen LogP contribution in [0.4, 0.5) is 0 Å². The number of aliphatic hydroxyl groups is 1. The molecule has 2 atom stereocenters. The predicted molar refractivity (Wildman–Crippen MR) is 44.9 cm³/mol. The number of hydrogen-bond acceptors (Lipinski definition) is 2. The lowest BCUT2D eigenvalue weighted by atomic mass is 10.1. The summed E-state index contributed by atoms with van der Waals surface area (Å²) in [5, 5.41) is 9.63. The number of likely N-dealkylation sites (tertiary alicyclic amines) is 1. The monoisotopic (exact) mass is 175 g/mol. The van der Waals surface area contributed by atoms with Crippen LogP contribution >= 0.6 is 11.6 Å². The van der Waals surface area contributed by atoms with E-state index in [-0.39, 0.29) is 6.10 Å². The minimum Gasteiger partial charge on any atom is -0.393 e. The van der Waals surface area contributed by atoms with E-state index >= 15 is 0 Å². The van der Waals surface area contributed by atoms with Gasteiger partial charge in [-0.05, 0) is 19.3 Å². The van der Waals surface area contributed by atoms with E-state index in [4.69, 9.17) is 11.6 Å². The van der Waals surface area contributed by atoms with Crippen LogP contribution in [-0.4, -0.2) is 40.6 Å². The van der Waals surface area contributed by atoms with Crippen molar-refractivity contribution in [1.29, 1.82) is 0 Å². The van der Waals surface area contributed by atoms with Crippen molar-refractivity contribution in [2.45, 2.75) is 36.8 Å². The SMILES string of the molecule is OC1CCN(C2CC2Cl)CC1. The lowest BCUT2D eigenvalue weighted by Gasteiger charge is -2.29. The van der Waals surface area contributed by atoms with Crippen LogP contribution in [0.15, 0.2) is 0 Å². The Bertz CT molecular complexity index is 145. The summed E-state index contributed by atoms with van der Waals surface area (Å²) in [4.78, 5) is 2.41. The largest absolute Gasteiger partial charge is 0.393 e. The first-order chi connectivity index (χ1) is 5.27. The summed E-state index contributed by atoms with van der Waals surface area (Å²) >= 11 is 5.92. The highest BCUT2D eigenvalue weighted by Crippen LogP contribution is 2.34. The molecule has 1 aliphatic heterocycles. The summed E-state index contributed by atoms with van der Waals surface area (Å²) in [7, 11) is 0. The Balaban J connectivity index is 1.79. The van der Waals surface area contributed by atoms with Crippen LogP contribution in [0, 0.1) is 0 Å². The summed E-state index contributed by atoms with van der Waals surface area (Å²) in [6.07, 6.45) is 2.96. The van der Waals surface area contributed by atoms with Gasteiger partial charge in [-0.2, -0.15) is 0 Å². The van der Waals surface area contributed by atoms with E-state index in [1.807, 2.05) is 0 Å². The number of hydrogen-bond donors (Lipinski definition) is 1. The summed E-state index contributed by atoms with van der Waals surface area (Å²) in [5.74, 6) is 0. The molecule has 2 rings (SSSR count). The smallest absolute Gasteiger partial charge is 0.0564 e. The molecule has 64 valence electrons. The van der Waals surface area contributed by atoms with Crippen molar-refractivity contribution in [2.75, 3.05) is 13.1 Å². The van der Waals surface area contributed by atoms with E-state index in [2.05, 4.69) is 4.90 Å². The van der Waals surface area contributed by atoms with Gasteiger partial charge < -0.3 is 5.11 Å². The normalized spacial score (nSPS) is 40.9. The number of alkyl halides is 1. The number of piperidine rings is 1. The first-order valence-electron chi connectivity index (χ1n) is 4.33. The first-order valence-corrected chi connectivity index (χ1v) is 4.77. The third-order valence-electron chi connectivity index (χ3n) is 2.65. The molecule has 11 heavy (non-hydrogen) atoms. The van der Waals surface area contributed by atoms with E-state index < -0.39 is 0 Å². The maximum Gasteiger partial charge on any atom is 0.0564 e. The third-order valence-corrected chi connectivity index (χ3v) is 3.12. The minimum absolute atomic E-state index is 0.0567. The van der Waals surface area contributed by atoms with Crippen molar-refractivity contribution in [1.82, 2.24) is 4.90 Å². The van der Waals surface area contributed by atoms with Crippen molar-refractivity contribution in [2.24, 2.45) is 0 Å². The van der Waals surface area contributed by atoms with Crippen LogP contribution in [0.5, 0.6) is 0 Å². The van der Waals surface area contributed by atoms with Crippen molar-refractivity contribution in [3.8, 4) is 0 Å². The number of halogens is 1. The maximum absolute atomic E-state index is 9.24. The highest BCUT2D eigenvalue weighted by molar-refractivity contribution is 6.23. The van der Waals surface area contributed by atoms with Gasteiger partial charge in [-0.3, -0.25) is 4.90 Å². The summed E-state index contributed by atoms with van der Waals surface area (Å²) in [5.41, 5.74) is 0. The van der Waals surface area contributed by atoms with Gasteiger partial charge in [0.15, 0.2) is 0 Å². The van der Waals surface area contributed by atoms with Crippen LogP contribution < -0.4 is 0 Å². The molecule has 1 N–H and O–H groups in total. The van der Waals surface area contributed by atoms with E-state index in [9.17, 15) is 5.11 Å². The Morgan fingerprint density at radius 2 is 1.82 bits per heavy atom. The van der Waals surface area contributed by atoms with Gasteiger partial charge in [-0.25, -0.2) is 0 Å². The van der Waals surface area contributed by atoms with Crippen LogP contribution in [0.3, 0.4) is 0 Å². The molecule has 2 fully saturated rings. The second kappa shape index (κ2) is 2.92. The summed E-state index contributed by atoms with van der Waals surface area (Å²) < 4.78 is 0. The van der Waals surface area contributed by atoms with Gasteiger partial charge in [0, 0.05) is 19.1 Å². The fourth-order valence-electron chi connectivity index (χ4n) is 1.75. The molecular formula is C8H14ClNO. The third kappa shape index (κ3) is 1.68. The average Bonchev–Trinajstić information content (AvgIpc) is 2.69. The molecule has 2 nitrogen and oxygen atoms in total. The Morgan fingerprint density at radius 3 is 2.27 bits per heavy atom. The predicted octanol–water partition coefficient (Wildman–Crippen LogP) is 0.823. The molecule has 2 unspecified atom stereocenters. The van der Waals surface area contributed by atoms with Gasteiger partial charge in [0.2, 0.25) is 0 Å². The molecule has 0 bridgehead atoms. The van der Waals surface area contributed by atoms with Gasteiger partial charge in [0.1, 0.15) is 0 Å². The number of nitrogens with zero attached hydrogens (tertiary/aromatic N) is 1. The van der Waals surface area contributed by atoms with Crippen molar-refractivity contribution in [3.05, 3.63) is 0 Å². The Hall–Kier alpha value is 0.210. The van der Waals surface area contributed by atoms with E-state index in [0.29, 0.717) is 11.4 Å². The summed E-state index contributed by atoms with van der Waals surface area (Å²) in [6, 6.07) is 0.629. The van der Waals surface area contributed by atoms with Crippen LogP contribution in [-0.2, 0) is 0 Å². The van der Waals surface area contributed by atoms with Gasteiger partial charge in [0.05, 0.1) is 11.5 Å². The van der Waals surface area contributed by atoms with E-state index in [1.54, 1.807) is 0 Å². The van der Waals surface area contributed by atoms with Crippen LogP contribution in [0.2, 0.25) is 0 Å². The molecule has 3 heteroatoms. The fraction of sp³-hybridized carbons (Fsp3) is 1.00. The molecule has 1 saturated carbocycles. The Labute approximate surface area is 72.1 Å². The molecule has 1 saturated heterocycles. The van der Waals surface area contributed by atoms with Gasteiger partial charge in [-0.1, -0.05) is 0 Å². The number of rotatable bonds is 1. The quantitative estimate of drug-likeness (QED) is 0.597. The fourth-order valence-corrected chi connectivity index (χ4v) is 2.09. The molecule has 2 aliphatic rings. The molecule has 0 aromatic rings. The standard InChI is InChI=1S/C8H14ClNO/c9-7-5-8(7)10-3-1-6(11)2-4-10/h6-8,11H,1-5H2. The number of aliphatic hydroxyl groups excluding tert-OH is 1. The summed E-state index contributed by atoms with van der Waals surface area (Å²) in [6.45, 7) is 2.07. The molecule has 0 spiro atoms. The van der Waals surface area contributed by atoms with Crippen LogP contribution in [0.1, 0.15) is 19.3 Å². The van der Waals surface area contributed by atoms with E-state index in [1.165, 1.54) is 0 Å². The van der Waals surface area contributed by atoms with Gasteiger partial charge >= 0.3 is 0 Å². The van der Waals surface area contributed by atoms with Crippen LogP contribution in [0.25, 0.3) is 0 Å². The molecule has 1 heterocycles. The zero-order valence-corrected chi connectivity index (χ0v) is 7.30.